The molecule has 3 aromatic heterocycles. The highest BCUT2D eigenvalue weighted by Crippen LogP contribution is 2.33. The topological polar surface area (TPSA) is 134 Å². The van der Waals surface area contributed by atoms with E-state index in [1.807, 2.05) is 30.3 Å². The number of thiazole rings is 1. The van der Waals surface area contributed by atoms with Crippen molar-refractivity contribution in [3.05, 3.63) is 76.6 Å². The van der Waals surface area contributed by atoms with Crippen molar-refractivity contribution in [2.24, 2.45) is 5.92 Å². The lowest BCUT2D eigenvalue weighted by Crippen LogP contribution is -2.42. The first kappa shape index (κ1) is 29.5. The van der Waals surface area contributed by atoms with Gasteiger partial charge in [0.15, 0.2) is 5.13 Å². The first-order chi connectivity index (χ1) is 22.0. The molecule has 45 heavy (non-hydrogen) atoms. The highest BCUT2D eigenvalue weighted by Gasteiger charge is 2.33. The molecule has 0 radical (unpaired) electrons. The van der Waals surface area contributed by atoms with Gasteiger partial charge in [0.05, 0.1) is 29.0 Å². The normalized spacial score (nSPS) is 20.3. The molecule has 11 nitrogen and oxygen atoms in total. The first-order valence-electron chi connectivity index (χ1n) is 15.2. The van der Waals surface area contributed by atoms with Gasteiger partial charge >= 0.3 is 0 Å². The van der Waals surface area contributed by atoms with Gasteiger partial charge in [-0.25, -0.2) is 9.97 Å². The number of methoxy groups -OCH3 is 2. The molecule has 0 saturated heterocycles. The Bertz CT molecular complexity index is 1870. The molecule has 1 aliphatic carbocycles. The molecule has 2 aromatic carbocycles. The Morgan fingerprint density at radius 3 is 2.73 bits per heavy atom. The Balaban J connectivity index is 1.01. The van der Waals surface area contributed by atoms with Gasteiger partial charge in [-0.3, -0.25) is 30.1 Å². The van der Waals surface area contributed by atoms with Gasteiger partial charge in [-0.05, 0) is 42.3 Å². The van der Waals surface area contributed by atoms with Gasteiger partial charge in [0, 0.05) is 63.2 Å². The van der Waals surface area contributed by atoms with Crippen molar-refractivity contribution in [2.75, 3.05) is 37.9 Å². The fourth-order valence-corrected chi connectivity index (χ4v) is 7.52. The van der Waals surface area contributed by atoms with Crippen molar-refractivity contribution >= 4 is 56.0 Å². The van der Waals surface area contributed by atoms with Crippen molar-refractivity contribution in [3.63, 3.8) is 0 Å². The minimum Gasteiger partial charge on any atom is -0.381 e. The zero-order valence-electron chi connectivity index (χ0n) is 25.2. The summed E-state index contributed by atoms with van der Waals surface area (Å²) < 4.78 is 11.4. The van der Waals surface area contributed by atoms with Crippen LogP contribution in [-0.4, -0.2) is 76.2 Å². The molecule has 2 aliphatic rings. The Kier molecular flexibility index (Phi) is 8.28. The molecular weight excluding hydrogens is 590 g/mol. The fourth-order valence-electron chi connectivity index (χ4n) is 6.47. The van der Waals surface area contributed by atoms with E-state index in [2.05, 4.69) is 30.5 Å². The van der Waals surface area contributed by atoms with Crippen LogP contribution in [-0.2, 0) is 22.4 Å². The van der Waals surface area contributed by atoms with Crippen molar-refractivity contribution < 1.29 is 19.1 Å². The fraction of sp³-hybridized carbons (Fsp3) is 0.364. The number of rotatable bonds is 8. The second-order valence-corrected chi connectivity index (χ2v) is 12.8. The number of carbonyl (C=O) groups is 2. The third-order valence-electron chi connectivity index (χ3n) is 8.89. The lowest BCUT2D eigenvalue weighted by atomic mass is 9.84. The number of pyridine rings is 1. The van der Waals surface area contributed by atoms with Crippen LogP contribution in [0, 0.1) is 5.92 Å². The van der Waals surface area contributed by atoms with Crippen LogP contribution < -0.4 is 10.6 Å². The molecule has 1 aliphatic heterocycles. The van der Waals surface area contributed by atoms with Crippen LogP contribution in [0.15, 0.2) is 54.7 Å². The number of benzene rings is 2. The van der Waals surface area contributed by atoms with Crippen LogP contribution in [0.5, 0.6) is 0 Å². The number of hydrogen-bond donors (Lipinski definition) is 3. The molecule has 7 rings (SSSR count). The van der Waals surface area contributed by atoms with Gasteiger partial charge in [-0.1, -0.05) is 30.3 Å². The molecule has 3 N–H and O–H groups in total. The van der Waals surface area contributed by atoms with Gasteiger partial charge in [-0.2, -0.15) is 0 Å². The van der Waals surface area contributed by atoms with Crippen LogP contribution in [0.4, 0.5) is 11.1 Å². The smallest absolute Gasteiger partial charge is 0.276 e. The van der Waals surface area contributed by atoms with E-state index in [-0.39, 0.29) is 29.8 Å². The zero-order valence-corrected chi connectivity index (χ0v) is 26.0. The molecule has 0 spiro atoms. The van der Waals surface area contributed by atoms with Gasteiger partial charge in [-0.15, -0.1) is 11.3 Å². The Morgan fingerprint density at radius 1 is 1.02 bits per heavy atom. The molecule has 2 unspecified atom stereocenters. The van der Waals surface area contributed by atoms with Crippen LogP contribution in [0.25, 0.3) is 21.8 Å². The lowest BCUT2D eigenvalue weighted by molar-refractivity contribution is -0.0498. The number of ether oxygens (including phenoxy) is 2. The van der Waals surface area contributed by atoms with E-state index in [1.54, 1.807) is 38.6 Å². The molecule has 1 fully saturated rings. The number of H-pyrrole nitrogens is 1. The second kappa shape index (κ2) is 12.6. The minimum atomic E-state index is -0.395. The summed E-state index contributed by atoms with van der Waals surface area (Å²) in [6.07, 6.45) is 6.09. The van der Waals surface area contributed by atoms with Crippen molar-refractivity contribution in [2.45, 2.75) is 44.4 Å². The largest absolute Gasteiger partial charge is 0.381 e. The molecule has 3 atom stereocenters. The molecule has 2 amide bonds. The third kappa shape index (κ3) is 6.19. The minimum absolute atomic E-state index is 0.204. The van der Waals surface area contributed by atoms with Gasteiger partial charge < -0.3 is 14.5 Å². The number of fused-ring (bicyclic) bond motifs is 3. The highest BCUT2D eigenvalue weighted by molar-refractivity contribution is 7.15. The highest BCUT2D eigenvalue weighted by atomic mass is 32.1. The molecule has 1 saturated carbocycles. The summed E-state index contributed by atoms with van der Waals surface area (Å²) >= 11 is 1.52. The van der Waals surface area contributed by atoms with E-state index in [1.165, 1.54) is 16.2 Å². The molecule has 0 bridgehead atoms. The molecule has 4 heterocycles. The third-order valence-corrected chi connectivity index (χ3v) is 9.89. The number of imidazole rings is 1. The maximum absolute atomic E-state index is 13.4. The summed E-state index contributed by atoms with van der Waals surface area (Å²) in [5, 5.41) is 8.21. The number of aromatic nitrogens is 4. The summed E-state index contributed by atoms with van der Waals surface area (Å²) in [6, 6.07) is 14.8. The van der Waals surface area contributed by atoms with Crippen LogP contribution in [0.3, 0.4) is 0 Å². The number of carbonyl (C=O) groups excluding carboxylic acids is 2. The number of nitrogens with zero attached hydrogens (tertiary/aromatic N) is 4. The van der Waals surface area contributed by atoms with Crippen molar-refractivity contribution in [3.8, 4) is 0 Å². The van der Waals surface area contributed by atoms with Crippen molar-refractivity contribution in [1.82, 2.24) is 24.8 Å². The lowest BCUT2D eigenvalue weighted by Gasteiger charge is -2.38. The maximum Gasteiger partial charge on any atom is 0.276 e. The van der Waals surface area contributed by atoms with Crippen LogP contribution >= 0.6 is 11.3 Å². The average molecular weight is 626 g/mol. The first-order valence-corrected chi connectivity index (χ1v) is 16.0. The van der Waals surface area contributed by atoms with Crippen molar-refractivity contribution in [1.29, 1.82) is 0 Å². The molecule has 232 valence electrons. The number of anilines is 2. The van der Waals surface area contributed by atoms with E-state index in [0.29, 0.717) is 27.6 Å². The van der Waals surface area contributed by atoms with Crippen LogP contribution in [0.1, 0.15) is 50.7 Å². The van der Waals surface area contributed by atoms with Gasteiger partial charge in [0.1, 0.15) is 11.2 Å². The molecular formula is C33H35N7O4S. The van der Waals surface area contributed by atoms with Gasteiger partial charge in [0.25, 0.3) is 11.8 Å². The van der Waals surface area contributed by atoms with E-state index >= 15 is 0 Å². The van der Waals surface area contributed by atoms with E-state index in [0.717, 1.165) is 61.8 Å². The second-order valence-electron chi connectivity index (χ2n) is 11.7. The predicted molar refractivity (Wildman–Crippen MR) is 174 cm³/mol. The number of amides is 2. The van der Waals surface area contributed by atoms with E-state index in [9.17, 15) is 9.59 Å². The maximum atomic E-state index is 13.4. The van der Waals surface area contributed by atoms with E-state index in [4.69, 9.17) is 14.5 Å². The standard InChI is InChI=1S/C33H35N7O4S/c1-43-22-11-10-21(27(15-22)44-2)17-40-13-12-24-28(18-40)45-33(36-24)39-30(41)23-8-5-9-25-29(23)37-32(35-25)38-31(42)26-14-19-6-3-4-7-20(19)16-34-26/h3-9,14,16,21-22,27H,10-13,15,17-18H2,1-2H3,(H,36,39,41)(H2,35,37,38,42)/t21?,22?,27-/m0/s1. The Hall–Kier alpha value is -4.23. The monoisotopic (exact) mass is 625 g/mol. The molecule has 5 aromatic rings. The summed E-state index contributed by atoms with van der Waals surface area (Å²) in [4.78, 5) is 46.7. The SMILES string of the molecule is COC1CCC(CN2CCc3nc(NC(=O)c4cccc5[nH]c(NC(=O)c6cc7ccccc7cn6)nc45)sc3C2)[C@@H](OC)C1. The summed E-state index contributed by atoms with van der Waals surface area (Å²) in [7, 11) is 3.58. The number of aromatic amines is 1. The zero-order chi connectivity index (χ0) is 30.9. The quantitative estimate of drug-likeness (QED) is 0.213. The summed E-state index contributed by atoms with van der Waals surface area (Å²) in [5.74, 6) is 0.0138. The van der Waals surface area contributed by atoms with E-state index < -0.39 is 5.91 Å². The van der Waals surface area contributed by atoms with Crippen LogP contribution in [0.2, 0.25) is 0 Å². The molecule has 12 heteroatoms. The summed E-state index contributed by atoms with van der Waals surface area (Å²) in [6.45, 7) is 2.72. The average Bonchev–Trinajstić information content (AvgIpc) is 3.67. The number of hydrogen-bond acceptors (Lipinski definition) is 9. The predicted octanol–water partition coefficient (Wildman–Crippen LogP) is 5.26. The Labute approximate surface area is 264 Å². The van der Waals surface area contributed by atoms with Gasteiger partial charge in [0.2, 0.25) is 5.95 Å². The Morgan fingerprint density at radius 2 is 1.89 bits per heavy atom. The number of nitrogens with one attached hydrogen (secondary N) is 3. The summed E-state index contributed by atoms with van der Waals surface area (Å²) in [5.41, 5.74) is 2.80. The number of para-hydroxylation sites is 1.